The number of hydrogen-bond acceptors (Lipinski definition) is 3. The number of fused-ring (bicyclic) bond motifs is 1. The van der Waals surface area contributed by atoms with Gasteiger partial charge >= 0.3 is 0 Å². The van der Waals surface area contributed by atoms with E-state index in [4.69, 9.17) is 0 Å². The molecule has 128 valence electrons. The Morgan fingerprint density at radius 1 is 1.17 bits per heavy atom. The summed E-state index contributed by atoms with van der Waals surface area (Å²) in [5.74, 6) is 1.02. The molecule has 0 spiro atoms. The minimum atomic E-state index is -2.83. The molecule has 0 amide bonds. The first-order valence-electron chi connectivity index (χ1n) is 9.02. The summed E-state index contributed by atoms with van der Waals surface area (Å²) in [5.41, 5.74) is 3.12. The van der Waals surface area contributed by atoms with Crippen molar-refractivity contribution < 1.29 is 8.42 Å². The van der Waals surface area contributed by atoms with Crippen LogP contribution in [-0.2, 0) is 16.3 Å². The highest BCUT2D eigenvalue weighted by atomic mass is 32.2. The zero-order chi connectivity index (χ0) is 16.3. The maximum Gasteiger partial charge on any atom is 0.147 e. The molecule has 1 aliphatic heterocycles. The number of hydrogen-bond donors (Lipinski definition) is 0. The van der Waals surface area contributed by atoms with Gasteiger partial charge in [0, 0.05) is 12.3 Å². The predicted molar refractivity (Wildman–Crippen MR) is 95.7 cm³/mol. The fourth-order valence-corrected chi connectivity index (χ4v) is 5.07. The Kier molecular flexibility index (Phi) is 5.42. The summed E-state index contributed by atoms with van der Waals surface area (Å²) in [6.45, 7) is 2.08. The van der Waals surface area contributed by atoms with Crippen LogP contribution < -0.4 is 0 Å². The minimum Gasteiger partial charge on any atom is -0.300 e. The summed E-state index contributed by atoms with van der Waals surface area (Å²) in [4.78, 5) is 2.54. The molecule has 1 heterocycles. The number of nitrogens with zero attached hydrogens (tertiary/aromatic N) is 1. The van der Waals surface area contributed by atoms with Gasteiger partial charge in [-0.1, -0.05) is 24.3 Å². The Labute approximate surface area is 141 Å². The van der Waals surface area contributed by atoms with Gasteiger partial charge in [-0.25, -0.2) is 8.42 Å². The van der Waals surface area contributed by atoms with Crippen LogP contribution in [0.4, 0.5) is 0 Å². The maximum atomic E-state index is 11.3. The molecule has 1 aromatic rings. The van der Waals surface area contributed by atoms with E-state index in [0.717, 1.165) is 19.5 Å². The van der Waals surface area contributed by atoms with Gasteiger partial charge in [0.1, 0.15) is 9.84 Å². The van der Waals surface area contributed by atoms with Gasteiger partial charge in [-0.2, -0.15) is 0 Å². The number of benzene rings is 1. The normalized spacial score (nSPS) is 25.4. The minimum absolute atomic E-state index is 0.322. The maximum absolute atomic E-state index is 11.3. The molecule has 2 atom stereocenters. The highest BCUT2D eigenvalue weighted by Gasteiger charge is 2.29. The van der Waals surface area contributed by atoms with E-state index in [2.05, 4.69) is 29.2 Å². The first kappa shape index (κ1) is 17.0. The third-order valence-electron chi connectivity index (χ3n) is 5.51. The number of rotatable bonds is 6. The summed E-state index contributed by atoms with van der Waals surface area (Å²) in [6, 6.07) is 9.59. The van der Waals surface area contributed by atoms with Crippen LogP contribution in [-0.4, -0.2) is 44.5 Å². The first-order valence-corrected chi connectivity index (χ1v) is 11.1. The van der Waals surface area contributed by atoms with Crippen molar-refractivity contribution in [1.29, 1.82) is 0 Å². The van der Waals surface area contributed by atoms with Crippen molar-refractivity contribution in [3.05, 3.63) is 35.4 Å². The Morgan fingerprint density at radius 3 is 2.83 bits per heavy atom. The molecule has 0 saturated carbocycles. The first-order chi connectivity index (χ1) is 11.0. The zero-order valence-electron chi connectivity index (χ0n) is 14.2. The largest absolute Gasteiger partial charge is 0.300 e. The lowest BCUT2D eigenvalue weighted by Gasteiger charge is -2.31. The molecule has 0 bridgehead atoms. The van der Waals surface area contributed by atoms with Crippen LogP contribution in [0.2, 0.25) is 0 Å². The molecule has 1 saturated heterocycles. The van der Waals surface area contributed by atoms with Crippen molar-refractivity contribution in [2.75, 3.05) is 25.1 Å². The van der Waals surface area contributed by atoms with Crippen LogP contribution >= 0.6 is 0 Å². The van der Waals surface area contributed by atoms with Crippen molar-refractivity contribution in [1.82, 2.24) is 4.90 Å². The number of sulfone groups is 1. The predicted octanol–water partition coefficient (Wildman–Crippen LogP) is 3.40. The highest BCUT2D eigenvalue weighted by molar-refractivity contribution is 7.90. The standard InChI is InChI=1S/C19H29NO2S/c1-23(21,22)14-6-13-20-12-5-10-18(20)15-17-9-4-8-16-7-2-3-11-19(16)17/h2-3,7,11,17-18H,4-6,8-10,12-15H2,1H3. The van der Waals surface area contributed by atoms with Crippen LogP contribution in [0.3, 0.4) is 0 Å². The van der Waals surface area contributed by atoms with E-state index in [0.29, 0.717) is 17.7 Å². The molecule has 0 aromatic heterocycles. The Hall–Kier alpha value is -0.870. The molecule has 1 fully saturated rings. The lowest BCUT2D eigenvalue weighted by Crippen LogP contribution is -2.33. The van der Waals surface area contributed by atoms with Gasteiger partial charge in [0.25, 0.3) is 0 Å². The van der Waals surface area contributed by atoms with Crippen molar-refractivity contribution in [3.8, 4) is 0 Å². The van der Waals surface area contributed by atoms with Crippen LogP contribution in [0.1, 0.15) is 55.6 Å². The Balaban J connectivity index is 1.59. The van der Waals surface area contributed by atoms with E-state index in [1.807, 2.05) is 0 Å². The number of likely N-dealkylation sites (tertiary alicyclic amines) is 1. The molecule has 2 aliphatic rings. The van der Waals surface area contributed by atoms with Crippen LogP contribution in [0.5, 0.6) is 0 Å². The molecule has 2 unspecified atom stereocenters. The summed E-state index contributed by atoms with van der Waals surface area (Å²) in [7, 11) is -2.83. The van der Waals surface area contributed by atoms with Gasteiger partial charge < -0.3 is 4.90 Å². The Bertz CT molecular complexity index is 626. The third-order valence-corrected chi connectivity index (χ3v) is 6.54. The van der Waals surface area contributed by atoms with Gasteiger partial charge in [-0.15, -0.1) is 0 Å². The van der Waals surface area contributed by atoms with Gasteiger partial charge in [0.2, 0.25) is 0 Å². The number of aryl methyl sites for hydroxylation is 1. The average Bonchev–Trinajstić information content (AvgIpc) is 2.94. The van der Waals surface area contributed by atoms with Gasteiger partial charge in [-0.3, -0.25) is 0 Å². The molecular weight excluding hydrogens is 306 g/mol. The second-order valence-corrected chi connectivity index (χ2v) is 9.60. The molecular formula is C19H29NO2S. The molecule has 0 radical (unpaired) electrons. The molecule has 1 aliphatic carbocycles. The SMILES string of the molecule is CS(=O)(=O)CCCN1CCCC1CC1CCCc2ccccc21. The van der Waals surface area contributed by atoms with Crippen LogP contribution in [0, 0.1) is 0 Å². The van der Waals surface area contributed by atoms with Gasteiger partial charge in [-0.05, 0) is 75.1 Å². The second-order valence-electron chi connectivity index (χ2n) is 7.34. The lowest BCUT2D eigenvalue weighted by atomic mass is 9.79. The van der Waals surface area contributed by atoms with E-state index < -0.39 is 9.84 Å². The molecule has 0 N–H and O–H groups in total. The average molecular weight is 336 g/mol. The van der Waals surface area contributed by atoms with E-state index in [1.54, 1.807) is 11.1 Å². The van der Waals surface area contributed by atoms with Crippen molar-refractivity contribution in [2.24, 2.45) is 0 Å². The van der Waals surface area contributed by atoms with Crippen molar-refractivity contribution in [2.45, 2.75) is 56.9 Å². The fraction of sp³-hybridized carbons (Fsp3) is 0.684. The summed E-state index contributed by atoms with van der Waals surface area (Å²) in [5, 5.41) is 0. The molecule has 3 rings (SSSR count). The highest BCUT2D eigenvalue weighted by Crippen LogP contribution is 2.37. The van der Waals surface area contributed by atoms with Crippen molar-refractivity contribution in [3.63, 3.8) is 0 Å². The monoisotopic (exact) mass is 335 g/mol. The topological polar surface area (TPSA) is 37.4 Å². The molecule has 3 nitrogen and oxygen atoms in total. The van der Waals surface area contributed by atoms with E-state index >= 15 is 0 Å². The van der Waals surface area contributed by atoms with Gasteiger partial charge in [0.15, 0.2) is 0 Å². The van der Waals surface area contributed by atoms with Crippen LogP contribution in [0.25, 0.3) is 0 Å². The van der Waals surface area contributed by atoms with Gasteiger partial charge in [0.05, 0.1) is 5.75 Å². The smallest absolute Gasteiger partial charge is 0.147 e. The lowest BCUT2D eigenvalue weighted by molar-refractivity contribution is 0.229. The van der Waals surface area contributed by atoms with E-state index in [9.17, 15) is 8.42 Å². The van der Waals surface area contributed by atoms with Crippen LogP contribution in [0.15, 0.2) is 24.3 Å². The molecule has 23 heavy (non-hydrogen) atoms. The van der Waals surface area contributed by atoms with E-state index in [-0.39, 0.29) is 0 Å². The third kappa shape index (κ3) is 4.57. The second kappa shape index (κ2) is 7.35. The fourth-order valence-electron chi connectivity index (χ4n) is 4.41. The Morgan fingerprint density at radius 2 is 2.00 bits per heavy atom. The summed E-state index contributed by atoms with van der Waals surface area (Å²) in [6.07, 6.45) is 9.75. The summed E-state index contributed by atoms with van der Waals surface area (Å²) < 4.78 is 22.6. The summed E-state index contributed by atoms with van der Waals surface area (Å²) >= 11 is 0. The quantitative estimate of drug-likeness (QED) is 0.799. The zero-order valence-corrected chi connectivity index (χ0v) is 15.0. The van der Waals surface area contributed by atoms with E-state index in [1.165, 1.54) is 44.8 Å². The molecule has 1 aromatic carbocycles. The van der Waals surface area contributed by atoms with Crippen molar-refractivity contribution >= 4 is 9.84 Å². The molecule has 4 heteroatoms.